The fraction of sp³-hybridized carbons (Fsp3) is 0.476. The first-order chi connectivity index (χ1) is 12.8. The van der Waals surface area contributed by atoms with Gasteiger partial charge >= 0.3 is 0 Å². The number of piperazine rings is 1. The van der Waals surface area contributed by atoms with E-state index in [1.807, 2.05) is 48.2 Å². The molecule has 1 aromatic heterocycles. The molecule has 1 saturated heterocycles. The molecule has 1 amide bonds. The largest absolute Gasteiger partial charge is 0.353 e. The number of carbonyl (C=O) groups is 1. The minimum absolute atomic E-state index is 0.0323. The van der Waals surface area contributed by atoms with Gasteiger partial charge in [-0.1, -0.05) is 44.2 Å². The summed E-state index contributed by atoms with van der Waals surface area (Å²) in [5.41, 5.74) is 7.20. The fourth-order valence-corrected chi connectivity index (χ4v) is 3.37. The lowest BCUT2D eigenvalue weighted by atomic mass is 9.91. The number of aryl methyl sites for hydroxylation is 1. The Labute approximate surface area is 161 Å². The van der Waals surface area contributed by atoms with Gasteiger partial charge in [-0.25, -0.2) is 9.97 Å². The molecule has 1 aliphatic rings. The monoisotopic (exact) mass is 367 g/mol. The fourth-order valence-electron chi connectivity index (χ4n) is 3.37. The van der Waals surface area contributed by atoms with E-state index in [0.29, 0.717) is 13.1 Å². The molecule has 0 bridgehead atoms. The number of nitrogens with zero attached hydrogens (tertiary/aromatic N) is 4. The van der Waals surface area contributed by atoms with Gasteiger partial charge in [0.2, 0.25) is 5.91 Å². The van der Waals surface area contributed by atoms with Crippen molar-refractivity contribution in [2.24, 2.45) is 5.73 Å². The van der Waals surface area contributed by atoms with Crippen LogP contribution in [0.25, 0.3) is 0 Å². The minimum atomic E-state index is -1.01. The zero-order chi connectivity index (χ0) is 19.6. The van der Waals surface area contributed by atoms with Crippen molar-refractivity contribution < 1.29 is 4.79 Å². The Kier molecular flexibility index (Phi) is 5.46. The maximum absolute atomic E-state index is 13.0. The van der Waals surface area contributed by atoms with Gasteiger partial charge in [-0.2, -0.15) is 0 Å². The highest BCUT2D eigenvalue weighted by molar-refractivity contribution is 5.87. The Morgan fingerprint density at radius 2 is 1.74 bits per heavy atom. The second kappa shape index (κ2) is 7.64. The molecule has 1 aliphatic heterocycles. The van der Waals surface area contributed by atoms with E-state index in [4.69, 9.17) is 10.7 Å². The van der Waals surface area contributed by atoms with Crippen molar-refractivity contribution in [1.29, 1.82) is 0 Å². The normalized spacial score (nSPS) is 17.1. The smallest absolute Gasteiger partial charge is 0.247 e. The molecule has 144 valence electrons. The second-order valence-electron chi connectivity index (χ2n) is 7.73. The van der Waals surface area contributed by atoms with Crippen LogP contribution >= 0.6 is 0 Å². The highest BCUT2D eigenvalue weighted by Gasteiger charge is 2.35. The van der Waals surface area contributed by atoms with Crippen molar-refractivity contribution in [2.45, 2.75) is 39.2 Å². The molecule has 3 rings (SSSR count). The van der Waals surface area contributed by atoms with Crippen LogP contribution in [0.5, 0.6) is 0 Å². The van der Waals surface area contributed by atoms with Gasteiger partial charge in [0.15, 0.2) is 0 Å². The minimum Gasteiger partial charge on any atom is -0.353 e. The number of aromatic nitrogens is 2. The molecule has 0 spiro atoms. The van der Waals surface area contributed by atoms with E-state index in [9.17, 15) is 4.79 Å². The molecule has 2 heterocycles. The van der Waals surface area contributed by atoms with Gasteiger partial charge in [0.05, 0.1) is 0 Å². The number of rotatable bonds is 4. The highest BCUT2D eigenvalue weighted by Crippen LogP contribution is 2.23. The van der Waals surface area contributed by atoms with Crippen molar-refractivity contribution in [3.8, 4) is 0 Å². The molecule has 1 unspecified atom stereocenters. The number of carbonyl (C=O) groups excluding carboxylic acids is 1. The summed E-state index contributed by atoms with van der Waals surface area (Å²) in [4.78, 5) is 26.3. The molecule has 27 heavy (non-hydrogen) atoms. The molecule has 0 aliphatic carbocycles. The van der Waals surface area contributed by atoms with Crippen LogP contribution in [0.1, 0.15) is 43.8 Å². The molecule has 6 nitrogen and oxygen atoms in total. The molecular weight excluding hydrogens is 338 g/mol. The number of benzene rings is 1. The summed E-state index contributed by atoms with van der Waals surface area (Å²) in [6.45, 7) is 10.7. The van der Waals surface area contributed by atoms with Crippen LogP contribution < -0.4 is 10.6 Å². The Hall–Kier alpha value is -2.47. The first-order valence-corrected chi connectivity index (χ1v) is 9.53. The number of anilines is 1. The summed E-state index contributed by atoms with van der Waals surface area (Å²) in [6.07, 6.45) is 0. The van der Waals surface area contributed by atoms with Gasteiger partial charge in [0.1, 0.15) is 17.2 Å². The van der Waals surface area contributed by atoms with Gasteiger partial charge in [-0.05, 0) is 19.4 Å². The number of nitrogens with two attached hydrogens (primary N) is 1. The maximum atomic E-state index is 13.0. The van der Waals surface area contributed by atoms with Crippen LogP contribution in [0.15, 0.2) is 36.4 Å². The maximum Gasteiger partial charge on any atom is 0.247 e. The molecule has 0 saturated carbocycles. The third kappa shape index (κ3) is 4.11. The van der Waals surface area contributed by atoms with Gasteiger partial charge in [0.25, 0.3) is 0 Å². The van der Waals surface area contributed by atoms with E-state index in [-0.39, 0.29) is 11.8 Å². The van der Waals surface area contributed by atoms with Crippen molar-refractivity contribution >= 4 is 11.7 Å². The van der Waals surface area contributed by atoms with Crippen LogP contribution in [0.2, 0.25) is 0 Å². The lowest BCUT2D eigenvalue weighted by Crippen LogP contribution is -2.57. The van der Waals surface area contributed by atoms with Crippen molar-refractivity contribution in [2.75, 3.05) is 31.1 Å². The van der Waals surface area contributed by atoms with Gasteiger partial charge in [-0.3, -0.25) is 4.79 Å². The Balaban J connectivity index is 1.69. The average molecular weight is 367 g/mol. The molecule has 6 heteroatoms. The van der Waals surface area contributed by atoms with Crippen LogP contribution in [0, 0.1) is 6.92 Å². The van der Waals surface area contributed by atoms with Crippen LogP contribution in [0.3, 0.4) is 0 Å². The number of amides is 1. The van der Waals surface area contributed by atoms with Crippen LogP contribution in [-0.2, 0) is 10.3 Å². The second-order valence-corrected chi connectivity index (χ2v) is 7.73. The summed E-state index contributed by atoms with van der Waals surface area (Å²) in [5, 5.41) is 0. The zero-order valence-electron chi connectivity index (χ0n) is 16.6. The molecule has 1 aromatic carbocycles. The van der Waals surface area contributed by atoms with E-state index in [2.05, 4.69) is 23.7 Å². The predicted octanol–water partition coefficient (Wildman–Crippen LogP) is 2.43. The summed E-state index contributed by atoms with van der Waals surface area (Å²) in [7, 11) is 0. The third-order valence-electron chi connectivity index (χ3n) is 5.08. The van der Waals surface area contributed by atoms with Crippen LogP contribution in [-0.4, -0.2) is 47.0 Å². The van der Waals surface area contributed by atoms with Crippen molar-refractivity contribution in [3.05, 3.63) is 53.5 Å². The summed E-state index contributed by atoms with van der Waals surface area (Å²) in [5.74, 6) is 2.06. The quantitative estimate of drug-likeness (QED) is 0.898. The highest BCUT2D eigenvalue weighted by atomic mass is 16.2. The summed E-state index contributed by atoms with van der Waals surface area (Å²) in [6, 6.07) is 11.6. The molecule has 1 fully saturated rings. The predicted molar refractivity (Wildman–Crippen MR) is 108 cm³/mol. The van der Waals surface area contributed by atoms with Crippen LogP contribution in [0.4, 0.5) is 5.82 Å². The lowest BCUT2D eigenvalue weighted by Gasteiger charge is -2.39. The number of hydrogen-bond acceptors (Lipinski definition) is 5. The Bertz CT molecular complexity index is 795. The van der Waals surface area contributed by atoms with E-state index < -0.39 is 5.54 Å². The van der Waals surface area contributed by atoms with E-state index >= 15 is 0 Å². The molecule has 2 aromatic rings. The molecular formula is C21H29N5O. The van der Waals surface area contributed by atoms with Gasteiger partial charge < -0.3 is 15.5 Å². The third-order valence-corrected chi connectivity index (χ3v) is 5.08. The van der Waals surface area contributed by atoms with Crippen molar-refractivity contribution in [3.63, 3.8) is 0 Å². The molecule has 2 N–H and O–H groups in total. The standard InChI is InChI=1S/C21H29N5O/c1-15(2)19-23-16(3)14-18(24-19)25-10-12-26(13-11-25)20(27)21(4,22)17-8-6-5-7-9-17/h5-9,14-15H,10-13,22H2,1-4H3. The molecule has 1 atom stereocenters. The first-order valence-electron chi connectivity index (χ1n) is 9.53. The van der Waals surface area contributed by atoms with Crippen molar-refractivity contribution in [1.82, 2.24) is 14.9 Å². The summed E-state index contributed by atoms with van der Waals surface area (Å²) >= 11 is 0. The first kappa shape index (κ1) is 19.3. The average Bonchev–Trinajstić information content (AvgIpc) is 2.67. The van der Waals surface area contributed by atoms with Gasteiger partial charge in [-0.15, -0.1) is 0 Å². The Morgan fingerprint density at radius 3 is 2.33 bits per heavy atom. The number of hydrogen-bond donors (Lipinski definition) is 1. The summed E-state index contributed by atoms with van der Waals surface area (Å²) < 4.78 is 0. The van der Waals surface area contributed by atoms with E-state index in [1.54, 1.807) is 6.92 Å². The Morgan fingerprint density at radius 1 is 1.11 bits per heavy atom. The molecule has 0 radical (unpaired) electrons. The van der Waals surface area contributed by atoms with Gasteiger partial charge in [0, 0.05) is 43.9 Å². The van der Waals surface area contributed by atoms with E-state index in [0.717, 1.165) is 36.0 Å². The topological polar surface area (TPSA) is 75.3 Å². The zero-order valence-corrected chi connectivity index (χ0v) is 16.6. The van der Waals surface area contributed by atoms with E-state index in [1.165, 1.54) is 0 Å². The lowest BCUT2D eigenvalue weighted by molar-refractivity contribution is -0.137. The SMILES string of the molecule is Cc1cc(N2CCN(C(=O)C(C)(N)c3ccccc3)CC2)nc(C(C)C)n1.